The van der Waals surface area contributed by atoms with Gasteiger partial charge in [0.25, 0.3) is 0 Å². The fraction of sp³-hybridized carbons (Fsp3) is 0.444. The lowest BCUT2D eigenvalue weighted by molar-refractivity contribution is 0.0727. The summed E-state index contributed by atoms with van der Waals surface area (Å²) in [5.74, 6) is 0.795. The third kappa shape index (κ3) is 3.77. The van der Waals surface area contributed by atoms with Crippen LogP contribution >= 0.6 is 22.6 Å². The molecule has 0 amide bonds. The zero-order valence-electron chi connectivity index (χ0n) is 7.90. The maximum Gasteiger partial charge on any atom is 0.139 e. The molecule has 1 aromatic heterocycles. The zero-order chi connectivity index (χ0) is 10.4. The van der Waals surface area contributed by atoms with Crippen LogP contribution in [0.15, 0.2) is 18.3 Å². The van der Waals surface area contributed by atoms with E-state index < -0.39 is 6.10 Å². The lowest BCUT2D eigenvalue weighted by Crippen LogP contribution is -2.24. The van der Waals surface area contributed by atoms with Gasteiger partial charge in [-0.2, -0.15) is 0 Å². The Hall–Kier alpha value is -0.400. The van der Waals surface area contributed by atoms with Crippen LogP contribution in [0, 0.1) is 3.57 Å². The summed E-state index contributed by atoms with van der Waals surface area (Å²) in [5, 5.41) is 12.4. The summed E-state index contributed by atoms with van der Waals surface area (Å²) in [6.45, 7) is 0.775. The summed E-state index contributed by atoms with van der Waals surface area (Å²) >= 11 is 2.19. The van der Waals surface area contributed by atoms with Crippen LogP contribution in [0.5, 0.6) is 0 Å². The molecule has 0 saturated carbocycles. The molecule has 0 bridgehead atoms. The largest absolute Gasteiger partial charge is 0.389 e. The third-order valence-corrected chi connectivity index (χ3v) is 2.49. The number of hydrogen-bond donors (Lipinski definition) is 2. The molecule has 0 aliphatic heterocycles. The van der Waals surface area contributed by atoms with Gasteiger partial charge in [0.05, 0.1) is 16.3 Å². The van der Waals surface area contributed by atoms with Crippen molar-refractivity contribution in [3.05, 3.63) is 21.9 Å². The second-order valence-corrected chi connectivity index (χ2v) is 3.99. The number of aliphatic hydroxyl groups excluding tert-OH is 1. The molecule has 1 atom stereocenters. The number of rotatable bonds is 5. The van der Waals surface area contributed by atoms with Gasteiger partial charge < -0.3 is 15.2 Å². The van der Waals surface area contributed by atoms with Crippen molar-refractivity contribution >= 4 is 28.4 Å². The summed E-state index contributed by atoms with van der Waals surface area (Å²) in [4.78, 5) is 4.14. The van der Waals surface area contributed by atoms with Crippen molar-refractivity contribution in [1.82, 2.24) is 4.98 Å². The Morgan fingerprint density at radius 2 is 2.50 bits per heavy atom. The summed E-state index contributed by atoms with van der Waals surface area (Å²) in [5.41, 5.74) is 0. The van der Waals surface area contributed by atoms with Gasteiger partial charge in [-0.05, 0) is 34.7 Å². The molecule has 0 aromatic carbocycles. The Labute approximate surface area is 96.8 Å². The molecule has 0 fully saturated rings. The summed E-state index contributed by atoms with van der Waals surface area (Å²) in [7, 11) is 1.56. The molecule has 4 nitrogen and oxygen atoms in total. The van der Waals surface area contributed by atoms with E-state index in [4.69, 9.17) is 4.74 Å². The Balaban J connectivity index is 2.41. The van der Waals surface area contributed by atoms with E-state index in [1.165, 1.54) is 0 Å². The molecule has 0 radical (unpaired) electrons. The van der Waals surface area contributed by atoms with E-state index in [-0.39, 0.29) is 0 Å². The van der Waals surface area contributed by atoms with Gasteiger partial charge in [-0.25, -0.2) is 4.98 Å². The molecule has 2 N–H and O–H groups in total. The van der Waals surface area contributed by atoms with Gasteiger partial charge >= 0.3 is 0 Å². The zero-order valence-corrected chi connectivity index (χ0v) is 10.1. The monoisotopic (exact) mass is 308 g/mol. The number of anilines is 1. The predicted molar refractivity (Wildman–Crippen MR) is 63.3 cm³/mol. The van der Waals surface area contributed by atoms with Crippen LogP contribution in [-0.4, -0.2) is 36.5 Å². The number of ether oxygens (including phenoxy) is 1. The van der Waals surface area contributed by atoms with E-state index in [9.17, 15) is 5.11 Å². The van der Waals surface area contributed by atoms with Crippen LogP contribution in [0.3, 0.4) is 0 Å². The van der Waals surface area contributed by atoms with Crippen LogP contribution in [0.2, 0.25) is 0 Å². The van der Waals surface area contributed by atoms with E-state index in [0.717, 1.165) is 9.39 Å². The topological polar surface area (TPSA) is 54.4 Å². The Morgan fingerprint density at radius 3 is 3.14 bits per heavy atom. The van der Waals surface area contributed by atoms with Gasteiger partial charge in [0.15, 0.2) is 0 Å². The lowest BCUT2D eigenvalue weighted by atomic mass is 10.3. The minimum atomic E-state index is -0.502. The molecule has 0 spiro atoms. The number of pyridine rings is 1. The Bertz CT molecular complexity index is 283. The molecule has 1 aromatic rings. The number of aromatic nitrogens is 1. The van der Waals surface area contributed by atoms with Gasteiger partial charge in [0.2, 0.25) is 0 Å². The van der Waals surface area contributed by atoms with E-state index in [0.29, 0.717) is 13.2 Å². The van der Waals surface area contributed by atoms with E-state index in [1.807, 2.05) is 12.1 Å². The van der Waals surface area contributed by atoms with Crippen molar-refractivity contribution in [2.24, 2.45) is 0 Å². The van der Waals surface area contributed by atoms with Gasteiger partial charge in [-0.3, -0.25) is 0 Å². The van der Waals surface area contributed by atoms with Crippen LogP contribution in [0.25, 0.3) is 0 Å². The van der Waals surface area contributed by atoms with Gasteiger partial charge in [-0.1, -0.05) is 0 Å². The predicted octanol–water partition coefficient (Wildman–Crippen LogP) is 1.11. The molecular weight excluding hydrogens is 295 g/mol. The first-order valence-electron chi connectivity index (χ1n) is 4.25. The molecule has 78 valence electrons. The number of halogens is 1. The number of methoxy groups -OCH3 is 1. The highest BCUT2D eigenvalue weighted by atomic mass is 127. The number of nitrogens with zero attached hydrogens (tertiary/aromatic N) is 1. The van der Waals surface area contributed by atoms with Crippen LogP contribution in [0.4, 0.5) is 5.82 Å². The van der Waals surface area contributed by atoms with Crippen LogP contribution in [-0.2, 0) is 4.74 Å². The van der Waals surface area contributed by atoms with E-state index in [1.54, 1.807) is 13.3 Å². The molecular formula is C9H13IN2O2. The normalized spacial score (nSPS) is 12.5. The van der Waals surface area contributed by atoms with E-state index >= 15 is 0 Å². The smallest absolute Gasteiger partial charge is 0.139 e. The highest BCUT2D eigenvalue weighted by molar-refractivity contribution is 14.1. The van der Waals surface area contributed by atoms with Crippen molar-refractivity contribution in [2.45, 2.75) is 6.10 Å². The third-order valence-electron chi connectivity index (χ3n) is 1.62. The summed E-state index contributed by atoms with van der Waals surface area (Å²) in [6.07, 6.45) is 1.21. The lowest BCUT2D eigenvalue weighted by Gasteiger charge is -2.11. The minimum absolute atomic E-state index is 0.330. The molecule has 14 heavy (non-hydrogen) atoms. The SMILES string of the molecule is COCC(O)CNc1ncccc1I. The van der Waals surface area contributed by atoms with Crippen LogP contribution < -0.4 is 5.32 Å². The van der Waals surface area contributed by atoms with E-state index in [2.05, 4.69) is 32.9 Å². The summed E-state index contributed by atoms with van der Waals surface area (Å²) < 4.78 is 5.85. The van der Waals surface area contributed by atoms with Gasteiger partial charge in [-0.15, -0.1) is 0 Å². The highest BCUT2D eigenvalue weighted by Crippen LogP contribution is 2.13. The Kier molecular flexibility index (Phi) is 5.13. The van der Waals surface area contributed by atoms with Crippen molar-refractivity contribution in [2.75, 3.05) is 25.6 Å². The fourth-order valence-electron chi connectivity index (χ4n) is 0.982. The maximum absolute atomic E-state index is 9.38. The highest BCUT2D eigenvalue weighted by Gasteiger charge is 2.04. The molecule has 5 heteroatoms. The minimum Gasteiger partial charge on any atom is -0.389 e. The second-order valence-electron chi connectivity index (χ2n) is 2.82. The molecule has 1 heterocycles. The van der Waals surface area contributed by atoms with Crippen molar-refractivity contribution < 1.29 is 9.84 Å². The first kappa shape index (κ1) is 11.7. The maximum atomic E-state index is 9.38. The van der Waals surface area contributed by atoms with Crippen molar-refractivity contribution in [3.63, 3.8) is 0 Å². The van der Waals surface area contributed by atoms with Crippen molar-refractivity contribution in [1.29, 1.82) is 0 Å². The van der Waals surface area contributed by atoms with Crippen molar-refractivity contribution in [3.8, 4) is 0 Å². The first-order valence-corrected chi connectivity index (χ1v) is 5.33. The number of nitrogens with one attached hydrogen (secondary N) is 1. The Morgan fingerprint density at radius 1 is 1.71 bits per heavy atom. The van der Waals surface area contributed by atoms with Crippen LogP contribution in [0.1, 0.15) is 0 Å². The molecule has 0 aliphatic rings. The molecule has 1 rings (SSSR count). The fourth-order valence-corrected chi connectivity index (χ4v) is 1.52. The summed E-state index contributed by atoms with van der Waals surface area (Å²) in [6, 6.07) is 3.83. The molecule has 0 aliphatic carbocycles. The molecule has 0 saturated heterocycles. The first-order chi connectivity index (χ1) is 6.74. The number of aliphatic hydroxyl groups is 1. The molecule has 1 unspecified atom stereocenters. The number of hydrogen-bond acceptors (Lipinski definition) is 4. The second kappa shape index (κ2) is 6.15. The van der Waals surface area contributed by atoms with Gasteiger partial charge in [0.1, 0.15) is 5.82 Å². The average Bonchev–Trinajstić information content (AvgIpc) is 2.17. The standard InChI is InChI=1S/C9H13IN2O2/c1-14-6-7(13)5-12-9-8(10)3-2-4-11-9/h2-4,7,13H,5-6H2,1H3,(H,11,12). The quantitative estimate of drug-likeness (QED) is 0.800. The average molecular weight is 308 g/mol. The van der Waals surface area contributed by atoms with Gasteiger partial charge in [0, 0.05) is 19.9 Å².